The van der Waals surface area contributed by atoms with Crippen LogP contribution in [0.5, 0.6) is 0 Å². The number of rotatable bonds is 3. The Balaban J connectivity index is 1.42. The SMILES string of the molecule is C[C@H]1CN(C(=O)c2cnc3cccnn23)Cc2nnc(Cc3ccccc3)n21. The van der Waals surface area contributed by atoms with Crippen LogP contribution < -0.4 is 0 Å². The predicted molar refractivity (Wildman–Crippen MR) is 102 cm³/mol. The van der Waals surface area contributed by atoms with E-state index in [0.717, 1.165) is 18.1 Å². The fraction of sp³-hybridized carbons (Fsp3) is 0.250. The monoisotopic (exact) mass is 373 g/mol. The Kier molecular flexibility index (Phi) is 3.89. The van der Waals surface area contributed by atoms with E-state index in [9.17, 15) is 4.79 Å². The van der Waals surface area contributed by atoms with Gasteiger partial charge in [0.15, 0.2) is 17.2 Å². The molecule has 0 saturated carbocycles. The van der Waals surface area contributed by atoms with Gasteiger partial charge in [0.1, 0.15) is 5.82 Å². The molecule has 1 amide bonds. The molecule has 1 aliphatic heterocycles. The lowest BCUT2D eigenvalue weighted by Gasteiger charge is -2.32. The van der Waals surface area contributed by atoms with Crippen molar-refractivity contribution in [2.45, 2.75) is 25.9 Å². The molecule has 0 saturated heterocycles. The van der Waals surface area contributed by atoms with Crippen LogP contribution in [-0.4, -0.2) is 46.7 Å². The second kappa shape index (κ2) is 6.56. The number of benzene rings is 1. The van der Waals surface area contributed by atoms with Crippen molar-refractivity contribution < 1.29 is 4.79 Å². The van der Waals surface area contributed by atoms with Crippen LogP contribution >= 0.6 is 0 Å². The summed E-state index contributed by atoms with van der Waals surface area (Å²) in [5, 5.41) is 13.0. The molecule has 140 valence electrons. The van der Waals surface area contributed by atoms with Crippen LogP contribution in [0.15, 0.2) is 54.9 Å². The van der Waals surface area contributed by atoms with E-state index in [4.69, 9.17) is 0 Å². The second-order valence-electron chi connectivity index (χ2n) is 7.04. The lowest BCUT2D eigenvalue weighted by atomic mass is 10.1. The average Bonchev–Trinajstić information content (AvgIpc) is 3.33. The van der Waals surface area contributed by atoms with Gasteiger partial charge in [0.05, 0.1) is 18.8 Å². The number of nitrogens with zero attached hydrogens (tertiary/aromatic N) is 7. The standard InChI is InChI=1S/C20H19N7O/c1-14-12-25(20(28)16-11-21-17-8-5-9-22-27(16)17)13-19-24-23-18(26(14)19)10-15-6-3-2-4-7-15/h2-9,11,14H,10,12-13H2,1H3/t14-/m0/s1. The summed E-state index contributed by atoms with van der Waals surface area (Å²) >= 11 is 0. The first-order chi connectivity index (χ1) is 13.7. The summed E-state index contributed by atoms with van der Waals surface area (Å²) < 4.78 is 3.73. The van der Waals surface area contributed by atoms with Crippen LogP contribution in [-0.2, 0) is 13.0 Å². The van der Waals surface area contributed by atoms with Crippen LogP contribution in [0, 0.1) is 0 Å². The Bertz CT molecular complexity index is 1150. The minimum absolute atomic E-state index is 0.0913. The number of carbonyl (C=O) groups is 1. The molecule has 28 heavy (non-hydrogen) atoms. The molecular weight excluding hydrogens is 354 g/mol. The maximum absolute atomic E-state index is 13.1. The van der Waals surface area contributed by atoms with Crippen molar-refractivity contribution in [3.63, 3.8) is 0 Å². The molecule has 1 aromatic carbocycles. The maximum Gasteiger partial charge on any atom is 0.274 e. The molecule has 5 rings (SSSR count). The van der Waals surface area contributed by atoms with Crippen LogP contribution in [0.3, 0.4) is 0 Å². The Morgan fingerprint density at radius 3 is 2.86 bits per heavy atom. The summed E-state index contributed by atoms with van der Waals surface area (Å²) in [6.45, 7) is 3.10. The zero-order valence-corrected chi connectivity index (χ0v) is 15.4. The lowest BCUT2D eigenvalue weighted by Crippen LogP contribution is -2.41. The van der Waals surface area contributed by atoms with Crippen molar-refractivity contribution in [1.82, 2.24) is 34.3 Å². The molecule has 4 aromatic rings. The van der Waals surface area contributed by atoms with Gasteiger partial charge in [-0.2, -0.15) is 5.10 Å². The first-order valence-electron chi connectivity index (χ1n) is 9.25. The first-order valence-corrected chi connectivity index (χ1v) is 9.25. The van der Waals surface area contributed by atoms with Crippen molar-refractivity contribution in [3.8, 4) is 0 Å². The number of aromatic nitrogens is 6. The predicted octanol–water partition coefficient (Wildman–Crippen LogP) is 2.13. The third kappa shape index (κ3) is 2.74. The number of hydrogen-bond acceptors (Lipinski definition) is 5. The molecule has 0 aliphatic carbocycles. The van der Waals surface area contributed by atoms with E-state index >= 15 is 0 Å². The Hall–Kier alpha value is -3.55. The van der Waals surface area contributed by atoms with Gasteiger partial charge in [0.2, 0.25) is 0 Å². The normalized spacial score (nSPS) is 16.3. The Morgan fingerprint density at radius 1 is 1.14 bits per heavy atom. The molecule has 0 fully saturated rings. The molecule has 4 heterocycles. The Morgan fingerprint density at radius 2 is 2.00 bits per heavy atom. The van der Waals surface area contributed by atoms with Gasteiger partial charge in [-0.1, -0.05) is 30.3 Å². The van der Waals surface area contributed by atoms with Gasteiger partial charge < -0.3 is 9.47 Å². The zero-order chi connectivity index (χ0) is 19.1. The highest BCUT2D eigenvalue weighted by Crippen LogP contribution is 2.24. The molecule has 1 atom stereocenters. The highest BCUT2D eigenvalue weighted by molar-refractivity contribution is 5.93. The molecule has 0 spiro atoms. The largest absolute Gasteiger partial charge is 0.328 e. The number of amides is 1. The molecule has 3 aromatic heterocycles. The van der Waals surface area contributed by atoms with Crippen molar-refractivity contribution >= 4 is 11.6 Å². The van der Waals surface area contributed by atoms with Crippen LogP contribution in [0.25, 0.3) is 5.65 Å². The molecule has 0 bridgehead atoms. The summed E-state index contributed by atoms with van der Waals surface area (Å²) in [4.78, 5) is 19.2. The molecule has 1 aliphatic rings. The molecule has 0 unspecified atom stereocenters. The van der Waals surface area contributed by atoms with E-state index in [-0.39, 0.29) is 11.9 Å². The third-order valence-corrected chi connectivity index (χ3v) is 5.08. The van der Waals surface area contributed by atoms with Gasteiger partial charge in [-0.05, 0) is 24.6 Å². The maximum atomic E-state index is 13.1. The van der Waals surface area contributed by atoms with E-state index in [1.165, 1.54) is 5.56 Å². The van der Waals surface area contributed by atoms with Gasteiger partial charge in [-0.3, -0.25) is 4.79 Å². The Labute approximate surface area is 161 Å². The van der Waals surface area contributed by atoms with Gasteiger partial charge >= 0.3 is 0 Å². The first kappa shape index (κ1) is 16.6. The second-order valence-corrected chi connectivity index (χ2v) is 7.04. The van der Waals surface area contributed by atoms with Crippen LogP contribution in [0.1, 0.15) is 40.7 Å². The van der Waals surface area contributed by atoms with Crippen molar-refractivity contribution in [2.24, 2.45) is 0 Å². The molecule has 8 heteroatoms. The fourth-order valence-electron chi connectivity index (χ4n) is 3.80. The van der Waals surface area contributed by atoms with Gasteiger partial charge in [-0.15, -0.1) is 10.2 Å². The van der Waals surface area contributed by atoms with Gasteiger partial charge in [-0.25, -0.2) is 9.50 Å². The van der Waals surface area contributed by atoms with E-state index in [2.05, 4.69) is 43.9 Å². The van der Waals surface area contributed by atoms with Gasteiger partial charge in [0.25, 0.3) is 5.91 Å². The fourth-order valence-corrected chi connectivity index (χ4v) is 3.80. The van der Waals surface area contributed by atoms with Crippen LogP contribution in [0.4, 0.5) is 0 Å². The molecule has 0 N–H and O–H groups in total. The van der Waals surface area contributed by atoms with Gasteiger partial charge in [0, 0.05) is 19.2 Å². The molecular formula is C20H19N7O. The lowest BCUT2D eigenvalue weighted by molar-refractivity contribution is 0.0671. The minimum Gasteiger partial charge on any atom is -0.328 e. The molecule has 0 radical (unpaired) electrons. The topological polar surface area (TPSA) is 81.2 Å². The van der Waals surface area contributed by atoms with E-state index in [1.807, 2.05) is 24.3 Å². The van der Waals surface area contributed by atoms with Crippen LogP contribution in [0.2, 0.25) is 0 Å². The zero-order valence-electron chi connectivity index (χ0n) is 15.4. The molecule has 8 nitrogen and oxygen atoms in total. The van der Waals surface area contributed by atoms with E-state index < -0.39 is 0 Å². The average molecular weight is 373 g/mol. The number of fused-ring (bicyclic) bond motifs is 2. The van der Waals surface area contributed by atoms with Crippen molar-refractivity contribution in [1.29, 1.82) is 0 Å². The minimum atomic E-state index is -0.100. The summed E-state index contributed by atoms with van der Waals surface area (Å²) in [6, 6.07) is 13.9. The quantitative estimate of drug-likeness (QED) is 0.549. The third-order valence-electron chi connectivity index (χ3n) is 5.08. The van der Waals surface area contributed by atoms with E-state index in [0.29, 0.717) is 24.4 Å². The van der Waals surface area contributed by atoms with E-state index in [1.54, 1.807) is 27.9 Å². The highest BCUT2D eigenvalue weighted by Gasteiger charge is 2.31. The number of imidazole rings is 1. The summed E-state index contributed by atoms with van der Waals surface area (Å²) in [7, 11) is 0. The number of hydrogen-bond donors (Lipinski definition) is 0. The summed E-state index contributed by atoms with van der Waals surface area (Å²) in [5.41, 5.74) is 2.31. The highest BCUT2D eigenvalue weighted by atomic mass is 16.2. The van der Waals surface area contributed by atoms with Crippen molar-refractivity contribution in [2.75, 3.05) is 6.54 Å². The summed E-state index contributed by atoms with van der Waals surface area (Å²) in [5.74, 6) is 1.63. The van der Waals surface area contributed by atoms with Crippen molar-refractivity contribution in [3.05, 3.63) is 77.8 Å². The smallest absolute Gasteiger partial charge is 0.274 e. The summed E-state index contributed by atoms with van der Waals surface area (Å²) in [6.07, 6.45) is 3.95. The number of carbonyl (C=O) groups excluding carboxylic acids is 1.